The van der Waals surface area contributed by atoms with E-state index in [1.807, 2.05) is 0 Å². The molecule has 0 aromatic carbocycles. The van der Waals surface area contributed by atoms with E-state index in [0.717, 1.165) is 0 Å². The van der Waals surface area contributed by atoms with Crippen LogP contribution in [0.3, 0.4) is 0 Å². The average molecular weight is 175 g/mol. The lowest BCUT2D eigenvalue weighted by atomic mass is 10.1. The number of rotatable bonds is 4. The van der Waals surface area contributed by atoms with Crippen LogP contribution in [0, 0.1) is 5.92 Å². The van der Waals surface area contributed by atoms with Gasteiger partial charge >= 0.3 is 0 Å². The van der Waals surface area contributed by atoms with Crippen molar-refractivity contribution in [3.63, 3.8) is 0 Å². The number of ketones is 1. The molecule has 0 amide bonds. The molecule has 0 saturated heterocycles. The molecule has 0 aliphatic rings. The normalized spacial score (nSPS) is 14.9. The smallest absolute Gasteiger partial charge is 0.221 e. The third kappa shape index (κ3) is 3.80. The lowest BCUT2D eigenvalue weighted by Gasteiger charge is -2.29. The Bertz CT molecular complexity index is 162. The highest BCUT2D eigenvalue weighted by molar-refractivity contribution is 5.78. The van der Waals surface area contributed by atoms with E-state index in [2.05, 4.69) is 0 Å². The van der Waals surface area contributed by atoms with Crippen LogP contribution in [-0.2, 0) is 4.79 Å². The van der Waals surface area contributed by atoms with Crippen LogP contribution >= 0.6 is 0 Å². The van der Waals surface area contributed by atoms with E-state index < -0.39 is 5.91 Å². The molecular formula is C8H17NO3. The Labute approximate surface area is 72.8 Å². The quantitative estimate of drug-likeness (QED) is 0.581. The fourth-order valence-electron chi connectivity index (χ4n) is 0.712. The summed E-state index contributed by atoms with van der Waals surface area (Å²) in [6, 6.07) is 0. The van der Waals surface area contributed by atoms with E-state index in [0.29, 0.717) is 6.54 Å². The molecule has 4 heteroatoms. The van der Waals surface area contributed by atoms with Gasteiger partial charge in [0.25, 0.3) is 0 Å². The summed E-state index contributed by atoms with van der Waals surface area (Å²) in [5.74, 6) is -1.97. The Hall–Kier alpha value is -0.450. The third-order valence-corrected chi connectivity index (χ3v) is 1.96. The van der Waals surface area contributed by atoms with Crippen molar-refractivity contribution in [2.24, 2.45) is 5.92 Å². The molecule has 0 aromatic heterocycles. The lowest BCUT2D eigenvalue weighted by molar-refractivity contribution is -0.244. The van der Waals surface area contributed by atoms with Gasteiger partial charge in [-0.3, -0.25) is 9.69 Å². The molecule has 1 unspecified atom stereocenters. The van der Waals surface area contributed by atoms with Crippen molar-refractivity contribution in [2.75, 3.05) is 13.6 Å². The van der Waals surface area contributed by atoms with Crippen LogP contribution in [0.15, 0.2) is 0 Å². The average Bonchev–Trinajstić information content (AvgIpc) is 1.85. The number of carbonyl (C=O) groups is 1. The Morgan fingerprint density at radius 2 is 2.00 bits per heavy atom. The molecule has 0 spiro atoms. The van der Waals surface area contributed by atoms with E-state index in [1.54, 1.807) is 14.0 Å². The maximum atomic E-state index is 10.8. The monoisotopic (exact) mass is 175 g/mol. The summed E-state index contributed by atoms with van der Waals surface area (Å²) in [4.78, 5) is 12.1. The van der Waals surface area contributed by atoms with Gasteiger partial charge in [0, 0.05) is 19.4 Å². The van der Waals surface area contributed by atoms with Gasteiger partial charge < -0.3 is 10.2 Å². The van der Waals surface area contributed by atoms with Crippen LogP contribution in [0.25, 0.3) is 0 Å². The number of carbonyl (C=O) groups excluding carboxylic acids is 1. The largest absolute Gasteiger partial charge is 0.353 e. The Morgan fingerprint density at radius 3 is 2.25 bits per heavy atom. The van der Waals surface area contributed by atoms with Crippen LogP contribution < -0.4 is 0 Å². The van der Waals surface area contributed by atoms with E-state index in [1.165, 1.54) is 18.7 Å². The summed E-state index contributed by atoms with van der Waals surface area (Å²) in [7, 11) is 1.56. The van der Waals surface area contributed by atoms with Gasteiger partial charge in [-0.05, 0) is 14.0 Å². The zero-order valence-corrected chi connectivity index (χ0v) is 8.03. The minimum absolute atomic E-state index is 0.0473. The van der Waals surface area contributed by atoms with E-state index in [-0.39, 0.29) is 11.7 Å². The van der Waals surface area contributed by atoms with Crippen molar-refractivity contribution < 1.29 is 15.0 Å². The summed E-state index contributed by atoms with van der Waals surface area (Å²) < 4.78 is 0. The number of aliphatic hydroxyl groups is 2. The molecule has 0 saturated carbocycles. The lowest BCUT2D eigenvalue weighted by Crippen LogP contribution is -2.46. The Kier molecular flexibility index (Phi) is 3.83. The fraction of sp³-hybridized carbons (Fsp3) is 0.875. The summed E-state index contributed by atoms with van der Waals surface area (Å²) >= 11 is 0. The summed E-state index contributed by atoms with van der Waals surface area (Å²) in [5, 5.41) is 18.2. The minimum Gasteiger partial charge on any atom is -0.353 e. The van der Waals surface area contributed by atoms with Gasteiger partial charge in [0.15, 0.2) is 0 Å². The maximum Gasteiger partial charge on any atom is 0.221 e. The van der Waals surface area contributed by atoms with Crippen molar-refractivity contribution in [2.45, 2.75) is 26.7 Å². The van der Waals surface area contributed by atoms with E-state index >= 15 is 0 Å². The zero-order valence-electron chi connectivity index (χ0n) is 8.03. The number of hydrogen-bond donors (Lipinski definition) is 2. The van der Waals surface area contributed by atoms with E-state index in [9.17, 15) is 4.79 Å². The van der Waals surface area contributed by atoms with Crippen LogP contribution in [0.1, 0.15) is 20.8 Å². The molecule has 0 fully saturated rings. The van der Waals surface area contributed by atoms with Gasteiger partial charge in [0.05, 0.1) is 0 Å². The van der Waals surface area contributed by atoms with Crippen LogP contribution in [0.2, 0.25) is 0 Å². The SMILES string of the molecule is CC(=O)C(C)CN(C)C(C)(O)O. The molecule has 0 aromatic rings. The highest BCUT2D eigenvalue weighted by Gasteiger charge is 2.24. The molecule has 0 aliphatic heterocycles. The second kappa shape index (κ2) is 3.98. The highest BCUT2D eigenvalue weighted by Crippen LogP contribution is 2.07. The molecule has 72 valence electrons. The first-order valence-corrected chi connectivity index (χ1v) is 3.91. The van der Waals surface area contributed by atoms with Crippen molar-refractivity contribution in [3.05, 3.63) is 0 Å². The number of hydrogen-bond acceptors (Lipinski definition) is 4. The number of Topliss-reactive ketones (excluding diaryl/α,β-unsaturated/α-hetero) is 1. The van der Waals surface area contributed by atoms with Crippen LogP contribution in [0.4, 0.5) is 0 Å². The number of nitrogens with zero attached hydrogens (tertiary/aromatic N) is 1. The van der Waals surface area contributed by atoms with Crippen LogP contribution in [0.5, 0.6) is 0 Å². The highest BCUT2D eigenvalue weighted by atomic mass is 16.5. The molecule has 4 nitrogen and oxygen atoms in total. The first-order valence-electron chi connectivity index (χ1n) is 3.91. The Balaban J connectivity index is 4.01. The summed E-state index contributed by atoms with van der Waals surface area (Å²) in [6.07, 6.45) is 0. The Morgan fingerprint density at radius 1 is 1.58 bits per heavy atom. The first kappa shape index (κ1) is 11.6. The van der Waals surface area contributed by atoms with Crippen molar-refractivity contribution in [1.29, 1.82) is 0 Å². The van der Waals surface area contributed by atoms with Gasteiger partial charge in [-0.1, -0.05) is 6.92 Å². The van der Waals surface area contributed by atoms with Gasteiger partial charge in [0.2, 0.25) is 5.91 Å². The summed E-state index contributed by atoms with van der Waals surface area (Å²) in [5.41, 5.74) is 0. The van der Waals surface area contributed by atoms with Gasteiger partial charge in [-0.25, -0.2) is 0 Å². The van der Waals surface area contributed by atoms with Gasteiger partial charge in [0.1, 0.15) is 5.78 Å². The van der Waals surface area contributed by atoms with Crippen molar-refractivity contribution in [1.82, 2.24) is 4.90 Å². The maximum absolute atomic E-state index is 10.8. The molecule has 0 aliphatic carbocycles. The van der Waals surface area contributed by atoms with Gasteiger partial charge in [-0.15, -0.1) is 0 Å². The zero-order chi connectivity index (χ0) is 9.94. The van der Waals surface area contributed by atoms with Crippen molar-refractivity contribution >= 4 is 5.78 Å². The van der Waals surface area contributed by atoms with Crippen molar-refractivity contribution in [3.8, 4) is 0 Å². The molecule has 0 bridgehead atoms. The molecule has 0 radical (unpaired) electrons. The fourth-order valence-corrected chi connectivity index (χ4v) is 0.712. The molecule has 2 N–H and O–H groups in total. The topological polar surface area (TPSA) is 60.8 Å². The second-order valence-corrected chi connectivity index (χ2v) is 3.36. The summed E-state index contributed by atoms with van der Waals surface area (Å²) in [6.45, 7) is 4.86. The molecule has 12 heavy (non-hydrogen) atoms. The first-order chi connectivity index (χ1) is 5.25. The molecule has 0 rings (SSSR count). The minimum atomic E-state index is -1.84. The molecular weight excluding hydrogens is 158 g/mol. The standard InChI is InChI=1S/C8H17NO3/c1-6(7(2)10)5-9(4)8(3,11)12/h6,11-12H,5H2,1-4H3. The predicted octanol–water partition coefficient (Wildman–Crippen LogP) is -0.198. The molecule has 1 atom stereocenters. The van der Waals surface area contributed by atoms with Gasteiger partial charge in [-0.2, -0.15) is 0 Å². The third-order valence-electron chi connectivity index (χ3n) is 1.96. The second-order valence-electron chi connectivity index (χ2n) is 3.36. The van der Waals surface area contributed by atoms with E-state index in [4.69, 9.17) is 10.2 Å². The molecule has 0 heterocycles. The predicted molar refractivity (Wildman–Crippen MR) is 45.3 cm³/mol. The van der Waals surface area contributed by atoms with Crippen LogP contribution in [-0.4, -0.2) is 40.4 Å².